The van der Waals surface area contributed by atoms with E-state index in [1.807, 2.05) is 0 Å². The molecule has 0 bridgehead atoms. The van der Waals surface area contributed by atoms with Crippen LogP contribution in [-0.4, -0.2) is 44.3 Å². The largest absolute Gasteiger partial charge is 0.379 e. The summed E-state index contributed by atoms with van der Waals surface area (Å²) in [5.74, 6) is 0. The normalized spacial score (nSPS) is 17.2. The zero-order valence-corrected chi connectivity index (χ0v) is 11.6. The van der Waals surface area contributed by atoms with E-state index in [2.05, 4.69) is 50.4 Å². The predicted octanol–water partition coefficient (Wildman–Crippen LogP) is 1.87. The Morgan fingerprint density at radius 1 is 1.29 bits per heavy atom. The lowest BCUT2D eigenvalue weighted by molar-refractivity contribution is 0.0384. The summed E-state index contributed by atoms with van der Waals surface area (Å²) in [4.78, 5) is 2.44. The van der Waals surface area contributed by atoms with E-state index in [0.717, 1.165) is 50.4 Å². The number of nitrogens with one attached hydrogen (secondary N) is 1. The fraction of sp³-hybridized carbons (Fsp3) is 0.538. The number of ether oxygens (including phenoxy) is 1. The van der Waals surface area contributed by atoms with Gasteiger partial charge in [-0.2, -0.15) is 0 Å². The van der Waals surface area contributed by atoms with Crippen LogP contribution in [-0.2, 0) is 11.3 Å². The van der Waals surface area contributed by atoms with Crippen molar-refractivity contribution in [2.24, 2.45) is 0 Å². The summed E-state index contributed by atoms with van der Waals surface area (Å²) < 4.78 is 6.46. The molecule has 0 atom stereocenters. The molecule has 1 aliphatic rings. The van der Waals surface area contributed by atoms with Gasteiger partial charge in [0.2, 0.25) is 0 Å². The molecule has 17 heavy (non-hydrogen) atoms. The zero-order valence-electron chi connectivity index (χ0n) is 9.99. The topological polar surface area (TPSA) is 24.5 Å². The standard InChI is InChI=1S/C13H19BrN2O/c14-13-3-1-2-12(10-13)11-15-4-5-16-6-8-17-9-7-16/h1-3,10,15H,4-9,11H2. The summed E-state index contributed by atoms with van der Waals surface area (Å²) in [7, 11) is 0. The highest BCUT2D eigenvalue weighted by atomic mass is 79.9. The van der Waals surface area contributed by atoms with Crippen LogP contribution < -0.4 is 5.32 Å². The second-order valence-electron chi connectivity index (χ2n) is 4.26. The molecule has 0 spiro atoms. The minimum atomic E-state index is 0.881. The van der Waals surface area contributed by atoms with Gasteiger partial charge in [-0.05, 0) is 17.7 Å². The lowest BCUT2D eigenvalue weighted by Gasteiger charge is -2.26. The SMILES string of the molecule is Brc1cccc(CNCCN2CCOCC2)c1. The van der Waals surface area contributed by atoms with Crippen molar-refractivity contribution in [1.29, 1.82) is 0 Å². The van der Waals surface area contributed by atoms with Gasteiger partial charge in [0, 0.05) is 37.2 Å². The molecule has 2 rings (SSSR count). The molecule has 1 N–H and O–H groups in total. The Hall–Kier alpha value is -0.420. The maximum Gasteiger partial charge on any atom is 0.0594 e. The van der Waals surface area contributed by atoms with Crippen LogP contribution in [0.3, 0.4) is 0 Å². The second-order valence-corrected chi connectivity index (χ2v) is 5.18. The van der Waals surface area contributed by atoms with Crippen LogP contribution in [0.25, 0.3) is 0 Å². The molecule has 0 unspecified atom stereocenters. The molecular formula is C13H19BrN2O. The summed E-state index contributed by atoms with van der Waals surface area (Å²) in [5, 5.41) is 3.47. The van der Waals surface area contributed by atoms with Gasteiger partial charge in [-0.25, -0.2) is 0 Å². The molecule has 3 nitrogen and oxygen atoms in total. The molecule has 4 heteroatoms. The van der Waals surface area contributed by atoms with Gasteiger partial charge in [-0.15, -0.1) is 0 Å². The molecule has 94 valence electrons. The number of halogens is 1. The summed E-state index contributed by atoms with van der Waals surface area (Å²) in [5.41, 5.74) is 1.32. The summed E-state index contributed by atoms with van der Waals surface area (Å²) >= 11 is 3.48. The van der Waals surface area contributed by atoms with E-state index >= 15 is 0 Å². The minimum Gasteiger partial charge on any atom is -0.379 e. The van der Waals surface area contributed by atoms with E-state index < -0.39 is 0 Å². The maximum absolute atomic E-state index is 5.32. The Morgan fingerprint density at radius 2 is 2.12 bits per heavy atom. The van der Waals surface area contributed by atoms with E-state index in [1.165, 1.54) is 5.56 Å². The van der Waals surface area contributed by atoms with Gasteiger partial charge in [-0.1, -0.05) is 28.1 Å². The smallest absolute Gasteiger partial charge is 0.0594 e. The third-order valence-corrected chi connectivity index (χ3v) is 3.42. The molecular weight excluding hydrogens is 280 g/mol. The van der Waals surface area contributed by atoms with Crippen molar-refractivity contribution in [3.63, 3.8) is 0 Å². The van der Waals surface area contributed by atoms with E-state index in [9.17, 15) is 0 Å². The molecule has 0 aliphatic carbocycles. The molecule has 1 aliphatic heterocycles. The first-order chi connectivity index (χ1) is 8.34. The van der Waals surface area contributed by atoms with E-state index in [4.69, 9.17) is 4.74 Å². The molecule has 0 saturated carbocycles. The van der Waals surface area contributed by atoms with Gasteiger partial charge in [0.05, 0.1) is 13.2 Å². The molecule has 1 heterocycles. The van der Waals surface area contributed by atoms with Crippen LogP contribution >= 0.6 is 15.9 Å². The van der Waals surface area contributed by atoms with Crippen molar-refractivity contribution in [2.75, 3.05) is 39.4 Å². The van der Waals surface area contributed by atoms with Crippen molar-refractivity contribution >= 4 is 15.9 Å². The number of nitrogens with zero attached hydrogens (tertiary/aromatic N) is 1. The van der Waals surface area contributed by atoms with Gasteiger partial charge in [0.15, 0.2) is 0 Å². The molecule has 1 saturated heterocycles. The van der Waals surface area contributed by atoms with E-state index in [-0.39, 0.29) is 0 Å². The number of benzene rings is 1. The van der Waals surface area contributed by atoms with Gasteiger partial charge in [0.25, 0.3) is 0 Å². The highest BCUT2D eigenvalue weighted by Crippen LogP contribution is 2.11. The fourth-order valence-corrected chi connectivity index (χ4v) is 2.39. The average Bonchev–Trinajstić information content (AvgIpc) is 2.36. The quantitative estimate of drug-likeness (QED) is 0.840. The Bertz CT molecular complexity index is 340. The maximum atomic E-state index is 5.32. The monoisotopic (exact) mass is 298 g/mol. The van der Waals surface area contributed by atoms with Crippen LogP contribution in [0, 0.1) is 0 Å². The Kier molecular flexibility index (Phi) is 5.45. The van der Waals surface area contributed by atoms with Crippen LogP contribution in [0.1, 0.15) is 5.56 Å². The summed E-state index contributed by atoms with van der Waals surface area (Å²) in [6.45, 7) is 6.97. The van der Waals surface area contributed by atoms with E-state index in [1.54, 1.807) is 0 Å². The number of hydrogen-bond acceptors (Lipinski definition) is 3. The van der Waals surface area contributed by atoms with E-state index in [0.29, 0.717) is 0 Å². The number of morpholine rings is 1. The molecule has 0 amide bonds. The fourth-order valence-electron chi connectivity index (χ4n) is 1.94. The first kappa shape index (κ1) is 13.0. The molecule has 1 aromatic carbocycles. The van der Waals surface area contributed by atoms with Crippen molar-refractivity contribution in [3.05, 3.63) is 34.3 Å². The van der Waals surface area contributed by atoms with Crippen LogP contribution in [0.2, 0.25) is 0 Å². The highest BCUT2D eigenvalue weighted by Gasteiger charge is 2.08. The van der Waals surface area contributed by atoms with Crippen molar-refractivity contribution < 1.29 is 4.74 Å². The molecule has 1 fully saturated rings. The van der Waals surface area contributed by atoms with Gasteiger partial charge >= 0.3 is 0 Å². The predicted molar refractivity (Wildman–Crippen MR) is 73.1 cm³/mol. The van der Waals surface area contributed by atoms with Crippen LogP contribution in [0.15, 0.2) is 28.7 Å². The highest BCUT2D eigenvalue weighted by molar-refractivity contribution is 9.10. The van der Waals surface area contributed by atoms with Gasteiger partial charge in [-0.3, -0.25) is 4.90 Å². The second kappa shape index (κ2) is 7.11. The van der Waals surface area contributed by atoms with Gasteiger partial charge in [0.1, 0.15) is 0 Å². The number of rotatable bonds is 5. The lowest BCUT2D eigenvalue weighted by Crippen LogP contribution is -2.40. The molecule has 0 radical (unpaired) electrons. The van der Waals surface area contributed by atoms with Crippen LogP contribution in [0.4, 0.5) is 0 Å². The number of hydrogen-bond donors (Lipinski definition) is 1. The summed E-state index contributed by atoms with van der Waals surface area (Å²) in [6, 6.07) is 8.43. The molecule has 0 aromatic heterocycles. The van der Waals surface area contributed by atoms with Crippen LogP contribution in [0.5, 0.6) is 0 Å². The lowest BCUT2D eigenvalue weighted by atomic mass is 10.2. The zero-order chi connectivity index (χ0) is 11.9. The third-order valence-electron chi connectivity index (χ3n) is 2.93. The van der Waals surface area contributed by atoms with Crippen molar-refractivity contribution in [2.45, 2.75) is 6.54 Å². The molecule has 1 aromatic rings. The first-order valence-electron chi connectivity index (χ1n) is 6.10. The van der Waals surface area contributed by atoms with Crippen molar-refractivity contribution in [1.82, 2.24) is 10.2 Å². The Labute approximate surface area is 111 Å². The van der Waals surface area contributed by atoms with Crippen molar-refractivity contribution in [3.8, 4) is 0 Å². The van der Waals surface area contributed by atoms with Gasteiger partial charge < -0.3 is 10.1 Å². The summed E-state index contributed by atoms with van der Waals surface area (Å²) in [6.07, 6.45) is 0. The first-order valence-corrected chi connectivity index (χ1v) is 6.89. The average molecular weight is 299 g/mol. The Balaban J connectivity index is 1.62. The third kappa shape index (κ3) is 4.76. The minimum absolute atomic E-state index is 0.881. The Morgan fingerprint density at radius 3 is 2.88 bits per heavy atom.